The third-order valence-corrected chi connectivity index (χ3v) is 5.47. The van der Waals surface area contributed by atoms with Gasteiger partial charge in [-0.05, 0) is 35.7 Å². The van der Waals surface area contributed by atoms with Gasteiger partial charge in [-0.1, -0.05) is 19.1 Å². The van der Waals surface area contributed by atoms with E-state index in [1.165, 1.54) is 0 Å². The number of nitrogens with zero attached hydrogens (tertiary/aromatic N) is 2. The van der Waals surface area contributed by atoms with Gasteiger partial charge in [-0.3, -0.25) is 4.79 Å². The Morgan fingerprint density at radius 3 is 2.48 bits per heavy atom. The van der Waals surface area contributed by atoms with Crippen molar-refractivity contribution in [3.63, 3.8) is 0 Å². The lowest BCUT2D eigenvalue weighted by Gasteiger charge is -2.41. The molecule has 0 radical (unpaired) electrons. The van der Waals surface area contributed by atoms with Crippen LogP contribution >= 0.6 is 0 Å². The zero-order valence-electron chi connectivity index (χ0n) is 17.3. The molecule has 0 spiro atoms. The van der Waals surface area contributed by atoms with Gasteiger partial charge < -0.3 is 24.0 Å². The minimum absolute atomic E-state index is 0.145. The third-order valence-electron chi connectivity index (χ3n) is 5.47. The predicted octanol–water partition coefficient (Wildman–Crippen LogP) is 3.31. The molecule has 2 aliphatic rings. The first kappa shape index (κ1) is 19.4. The van der Waals surface area contributed by atoms with Crippen molar-refractivity contribution in [3.05, 3.63) is 48.0 Å². The Kier molecular flexibility index (Phi) is 5.51. The van der Waals surface area contributed by atoms with Crippen LogP contribution in [0.1, 0.15) is 24.8 Å². The Hall–Kier alpha value is -2.89. The first-order chi connectivity index (χ1) is 14.0. The van der Waals surface area contributed by atoms with Gasteiger partial charge in [0.25, 0.3) is 0 Å². The summed E-state index contributed by atoms with van der Waals surface area (Å²) >= 11 is 0. The minimum atomic E-state index is 0.145. The van der Waals surface area contributed by atoms with Crippen molar-refractivity contribution < 1.29 is 19.0 Å². The van der Waals surface area contributed by atoms with E-state index < -0.39 is 0 Å². The molecule has 1 fully saturated rings. The zero-order valence-corrected chi connectivity index (χ0v) is 17.3. The molecule has 4 rings (SSSR count). The SMILES string of the molecule is C[C@H](CC(=O)N(C)C)c1ccc(OC2CN(c3ccc4c(c3)OCCO4)C2)cc1. The lowest BCUT2D eigenvalue weighted by Crippen LogP contribution is -2.54. The quantitative estimate of drug-likeness (QED) is 0.750. The van der Waals surface area contributed by atoms with Gasteiger partial charge in [0.2, 0.25) is 5.91 Å². The Bertz CT molecular complexity index is 860. The normalized spacial score (nSPS) is 16.7. The van der Waals surface area contributed by atoms with Crippen LogP contribution in [-0.2, 0) is 4.79 Å². The van der Waals surface area contributed by atoms with E-state index >= 15 is 0 Å². The van der Waals surface area contributed by atoms with Crippen molar-refractivity contribution in [1.82, 2.24) is 4.90 Å². The summed E-state index contributed by atoms with van der Waals surface area (Å²) in [6.45, 7) is 4.97. The molecule has 2 aromatic rings. The molecule has 0 aromatic heterocycles. The molecule has 2 heterocycles. The Balaban J connectivity index is 1.29. The standard InChI is InChI=1S/C23H28N2O4/c1-16(12-23(26)24(2)3)17-4-7-19(8-5-17)29-20-14-25(15-20)18-6-9-21-22(13-18)28-11-10-27-21/h4-9,13,16,20H,10-12,14-15H2,1-3H3/t16-/m1/s1. The second-order valence-electron chi connectivity index (χ2n) is 7.94. The monoisotopic (exact) mass is 396 g/mol. The fourth-order valence-electron chi connectivity index (χ4n) is 3.58. The molecule has 29 heavy (non-hydrogen) atoms. The van der Waals surface area contributed by atoms with Crippen LogP contribution in [0.5, 0.6) is 17.2 Å². The van der Waals surface area contributed by atoms with Crippen LogP contribution in [0.25, 0.3) is 0 Å². The van der Waals surface area contributed by atoms with Crippen molar-refractivity contribution in [2.45, 2.75) is 25.4 Å². The van der Waals surface area contributed by atoms with E-state index in [0.29, 0.717) is 19.6 Å². The molecule has 6 nitrogen and oxygen atoms in total. The molecule has 0 N–H and O–H groups in total. The number of carbonyl (C=O) groups excluding carboxylic acids is 1. The van der Waals surface area contributed by atoms with Gasteiger partial charge in [-0.15, -0.1) is 0 Å². The molecular weight excluding hydrogens is 368 g/mol. The Labute approximate surface area is 172 Å². The van der Waals surface area contributed by atoms with Gasteiger partial charge >= 0.3 is 0 Å². The molecule has 154 valence electrons. The largest absolute Gasteiger partial charge is 0.487 e. The van der Waals surface area contributed by atoms with Gasteiger partial charge in [0.15, 0.2) is 11.5 Å². The highest BCUT2D eigenvalue weighted by Gasteiger charge is 2.29. The van der Waals surface area contributed by atoms with E-state index in [4.69, 9.17) is 14.2 Å². The molecular formula is C23H28N2O4. The first-order valence-corrected chi connectivity index (χ1v) is 10.1. The highest BCUT2D eigenvalue weighted by molar-refractivity contribution is 5.76. The second kappa shape index (κ2) is 8.23. The van der Waals surface area contributed by atoms with Crippen molar-refractivity contribution in [3.8, 4) is 17.2 Å². The van der Waals surface area contributed by atoms with Crippen LogP contribution in [0.3, 0.4) is 0 Å². The maximum Gasteiger partial charge on any atom is 0.222 e. The van der Waals surface area contributed by atoms with Gasteiger partial charge in [-0.25, -0.2) is 0 Å². The minimum Gasteiger partial charge on any atom is -0.487 e. The highest BCUT2D eigenvalue weighted by atomic mass is 16.6. The molecule has 2 aromatic carbocycles. The Morgan fingerprint density at radius 1 is 1.10 bits per heavy atom. The molecule has 0 bridgehead atoms. The molecule has 6 heteroatoms. The number of amides is 1. The van der Waals surface area contributed by atoms with Crippen LogP contribution < -0.4 is 19.1 Å². The van der Waals surface area contributed by atoms with Crippen molar-refractivity contribution >= 4 is 11.6 Å². The number of hydrogen-bond donors (Lipinski definition) is 0. The van der Waals surface area contributed by atoms with Crippen molar-refractivity contribution in [2.75, 3.05) is 45.3 Å². The van der Waals surface area contributed by atoms with E-state index in [2.05, 4.69) is 30.0 Å². The number of rotatable bonds is 6. The van der Waals surface area contributed by atoms with Crippen molar-refractivity contribution in [2.24, 2.45) is 0 Å². The summed E-state index contributed by atoms with van der Waals surface area (Å²) in [6, 6.07) is 14.2. The number of fused-ring (bicyclic) bond motifs is 1. The number of benzene rings is 2. The number of hydrogen-bond acceptors (Lipinski definition) is 5. The van der Waals surface area contributed by atoms with E-state index in [0.717, 1.165) is 41.6 Å². The summed E-state index contributed by atoms with van der Waals surface area (Å²) < 4.78 is 17.3. The summed E-state index contributed by atoms with van der Waals surface area (Å²) in [7, 11) is 3.58. The average Bonchev–Trinajstić information content (AvgIpc) is 2.70. The highest BCUT2D eigenvalue weighted by Crippen LogP contribution is 2.35. The first-order valence-electron chi connectivity index (χ1n) is 10.1. The van der Waals surface area contributed by atoms with Crippen LogP contribution in [-0.4, -0.2) is 57.3 Å². The van der Waals surface area contributed by atoms with Crippen LogP contribution in [0.4, 0.5) is 5.69 Å². The summed E-state index contributed by atoms with van der Waals surface area (Å²) in [5.74, 6) is 2.83. The zero-order chi connectivity index (χ0) is 20.4. The second-order valence-corrected chi connectivity index (χ2v) is 7.94. The van der Waals surface area contributed by atoms with E-state index in [-0.39, 0.29) is 17.9 Å². The summed E-state index contributed by atoms with van der Waals surface area (Å²) in [4.78, 5) is 15.8. The molecule has 0 aliphatic carbocycles. The molecule has 2 aliphatic heterocycles. The molecule has 1 amide bonds. The van der Waals surface area contributed by atoms with Gasteiger partial charge in [0, 0.05) is 32.3 Å². The van der Waals surface area contributed by atoms with E-state index in [9.17, 15) is 4.79 Å². The summed E-state index contributed by atoms with van der Waals surface area (Å²) in [5, 5.41) is 0. The maximum atomic E-state index is 11.9. The number of anilines is 1. The molecule has 1 atom stereocenters. The van der Waals surface area contributed by atoms with E-state index in [1.807, 2.05) is 24.3 Å². The van der Waals surface area contributed by atoms with Crippen LogP contribution in [0, 0.1) is 0 Å². The summed E-state index contributed by atoms with van der Waals surface area (Å²) in [5.41, 5.74) is 2.28. The average molecular weight is 396 g/mol. The summed E-state index contributed by atoms with van der Waals surface area (Å²) in [6.07, 6.45) is 0.683. The fraction of sp³-hybridized carbons (Fsp3) is 0.435. The van der Waals surface area contributed by atoms with Gasteiger partial charge in [0.05, 0.1) is 13.1 Å². The van der Waals surface area contributed by atoms with Crippen LogP contribution in [0.15, 0.2) is 42.5 Å². The molecule has 0 unspecified atom stereocenters. The number of ether oxygens (including phenoxy) is 3. The van der Waals surface area contributed by atoms with Gasteiger partial charge in [0.1, 0.15) is 25.1 Å². The molecule has 1 saturated heterocycles. The lowest BCUT2D eigenvalue weighted by atomic mass is 9.97. The van der Waals surface area contributed by atoms with E-state index in [1.54, 1.807) is 19.0 Å². The van der Waals surface area contributed by atoms with Crippen LogP contribution in [0.2, 0.25) is 0 Å². The smallest absolute Gasteiger partial charge is 0.222 e. The topological polar surface area (TPSA) is 51.2 Å². The fourth-order valence-corrected chi connectivity index (χ4v) is 3.58. The van der Waals surface area contributed by atoms with Crippen molar-refractivity contribution in [1.29, 1.82) is 0 Å². The Morgan fingerprint density at radius 2 is 1.79 bits per heavy atom. The number of carbonyl (C=O) groups is 1. The van der Waals surface area contributed by atoms with Gasteiger partial charge in [-0.2, -0.15) is 0 Å². The third kappa shape index (κ3) is 4.42. The molecule has 0 saturated carbocycles. The lowest BCUT2D eigenvalue weighted by molar-refractivity contribution is -0.129. The predicted molar refractivity (Wildman–Crippen MR) is 112 cm³/mol. The maximum absolute atomic E-state index is 11.9.